The predicted molar refractivity (Wildman–Crippen MR) is 104 cm³/mol. The van der Waals surface area contributed by atoms with Gasteiger partial charge in [0.25, 0.3) is 11.7 Å². The number of anilines is 1. The molecule has 0 radical (unpaired) electrons. The lowest BCUT2D eigenvalue weighted by Crippen LogP contribution is -2.30. The van der Waals surface area contributed by atoms with Gasteiger partial charge in [0.2, 0.25) is 11.7 Å². The molecule has 10 heteroatoms. The van der Waals surface area contributed by atoms with Gasteiger partial charge in [-0.25, -0.2) is 9.50 Å². The summed E-state index contributed by atoms with van der Waals surface area (Å²) >= 11 is 0. The van der Waals surface area contributed by atoms with Gasteiger partial charge in [0.1, 0.15) is 0 Å². The zero-order chi connectivity index (χ0) is 20.1. The molecule has 5 rings (SSSR count). The molecule has 0 bridgehead atoms. The van der Waals surface area contributed by atoms with Gasteiger partial charge < -0.3 is 9.80 Å². The summed E-state index contributed by atoms with van der Waals surface area (Å²) in [5.41, 5.74) is 2.56. The van der Waals surface area contributed by atoms with Crippen LogP contribution in [0, 0.1) is 13.8 Å². The van der Waals surface area contributed by atoms with Gasteiger partial charge in [0.15, 0.2) is 0 Å². The first kappa shape index (κ1) is 17.8. The molecule has 0 aliphatic carbocycles. The Kier molecular flexibility index (Phi) is 4.07. The molecular formula is C19H22N8O2. The third-order valence-electron chi connectivity index (χ3n) is 5.61. The van der Waals surface area contributed by atoms with Crippen molar-refractivity contribution in [1.82, 2.24) is 34.3 Å². The van der Waals surface area contributed by atoms with E-state index in [0.29, 0.717) is 25.3 Å². The number of carbonyl (C=O) groups excluding carboxylic acids is 2. The quantitative estimate of drug-likeness (QED) is 0.660. The molecular weight excluding hydrogens is 372 g/mol. The Bertz CT molecular complexity index is 1120. The van der Waals surface area contributed by atoms with Gasteiger partial charge in [-0.3, -0.25) is 14.3 Å². The van der Waals surface area contributed by atoms with Gasteiger partial charge in [-0.05, 0) is 32.8 Å². The van der Waals surface area contributed by atoms with E-state index in [9.17, 15) is 9.59 Å². The van der Waals surface area contributed by atoms with Crippen LogP contribution in [0.4, 0.5) is 5.69 Å². The smallest absolute Gasteiger partial charge is 0.293 e. The van der Waals surface area contributed by atoms with Crippen molar-refractivity contribution in [2.24, 2.45) is 0 Å². The van der Waals surface area contributed by atoms with Crippen LogP contribution in [0.3, 0.4) is 0 Å². The SMILES string of the molecule is Cc1cc(C)n2nc(C(=O)N3CCC(n4cc(N5CCCC5=O)cn4)C3)nc2n1. The number of rotatable bonds is 3. The van der Waals surface area contributed by atoms with Crippen molar-refractivity contribution in [2.45, 2.75) is 39.2 Å². The van der Waals surface area contributed by atoms with Gasteiger partial charge in [0, 0.05) is 43.6 Å². The van der Waals surface area contributed by atoms with E-state index in [0.717, 1.165) is 36.5 Å². The third-order valence-corrected chi connectivity index (χ3v) is 5.61. The Balaban J connectivity index is 1.32. The molecule has 3 aromatic heterocycles. The van der Waals surface area contributed by atoms with Gasteiger partial charge in [-0.1, -0.05) is 0 Å². The molecule has 2 fully saturated rings. The second kappa shape index (κ2) is 6.64. The van der Waals surface area contributed by atoms with E-state index in [1.165, 1.54) is 0 Å². The van der Waals surface area contributed by atoms with Crippen LogP contribution in [-0.4, -0.2) is 65.7 Å². The number of aromatic nitrogens is 6. The molecule has 2 saturated heterocycles. The predicted octanol–water partition coefficient (Wildman–Crippen LogP) is 1.15. The lowest BCUT2D eigenvalue weighted by molar-refractivity contribution is -0.117. The molecule has 150 valence electrons. The van der Waals surface area contributed by atoms with Crippen LogP contribution in [0.25, 0.3) is 5.78 Å². The molecule has 2 aliphatic rings. The molecule has 29 heavy (non-hydrogen) atoms. The van der Waals surface area contributed by atoms with Crippen molar-refractivity contribution in [1.29, 1.82) is 0 Å². The summed E-state index contributed by atoms with van der Waals surface area (Å²) in [6.07, 6.45) is 5.91. The standard InChI is InChI=1S/C19H22N8O2/c1-12-8-13(2)27-19(21-12)22-17(23-27)18(29)24-7-5-14(10-24)26-11-15(9-20-26)25-6-3-4-16(25)28/h8-9,11,14H,3-7,10H2,1-2H3. The summed E-state index contributed by atoms with van der Waals surface area (Å²) in [5.74, 6) is 0.547. The Morgan fingerprint density at radius 2 is 2.07 bits per heavy atom. The molecule has 5 heterocycles. The minimum atomic E-state index is -0.197. The summed E-state index contributed by atoms with van der Waals surface area (Å²) in [6.45, 7) is 5.70. The Hall–Kier alpha value is -3.30. The van der Waals surface area contributed by atoms with E-state index in [4.69, 9.17) is 0 Å². The second-order valence-electron chi connectivity index (χ2n) is 7.71. The zero-order valence-corrected chi connectivity index (χ0v) is 16.4. The summed E-state index contributed by atoms with van der Waals surface area (Å²) in [5, 5.41) is 8.78. The molecule has 2 amide bonds. The van der Waals surface area contributed by atoms with Crippen LogP contribution in [-0.2, 0) is 4.79 Å². The van der Waals surface area contributed by atoms with E-state index in [2.05, 4.69) is 20.2 Å². The van der Waals surface area contributed by atoms with Crippen LogP contribution in [0.5, 0.6) is 0 Å². The van der Waals surface area contributed by atoms with Crippen molar-refractivity contribution in [2.75, 3.05) is 24.5 Å². The average Bonchev–Trinajstić information content (AvgIpc) is 3.46. The van der Waals surface area contributed by atoms with Crippen molar-refractivity contribution < 1.29 is 9.59 Å². The minimum Gasteiger partial charge on any atom is -0.334 e. The summed E-state index contributed by atoms with van der Waals surface area (Å²) in [4.78, 5) is 37.1. The fraction of sp³-hybridized carbons (Fsp3) is 0.474. The highest BCUT2D eigenvalue weighted by atomic mass is 16.2. The van der Waals surface area contributed by atoms with Crippen molar-refractivity contribution in [3.05, 3.63) is 35.7 Å². The minimum absolute atomic E-state index is 0.0737. The maximum absolute atomic E-state index is 12.9. The number of amides is 2. The first-order chi connectivity index (χ1) is 14.0. The lowest BCUT2D eigenvalue weighted by Gasteiger charge is -2.15. The van der Waals surface area contributed by atoms with E-state index >= 15 is 0 Å². The molecule has 0 spiro atoms. The van der Waals surface area contributed by atoms with E-state index in [-0.39, 0.29) is 23.7 Å². The van der Waals surface area contributed by atoms with E-state index < -0.39 is 0 Å². The monoisotopic (exact) mass is 394 g/mol. The average molecular weight is 394 g/mol. The lowest BCUT2D eigenvalue weighted by atomic mass is 10.3. The number of fused-ring (bicyclic) bond motifs is 1. The molecule has 1 atom stereocenters. The summed E-state index contributed by atoms with van der Waals surface area (Å²) < 4.78 is 3.46. The third kappa shape index (κ3) is 3.04. The largest absolute Gasteiger partial charge is 0.334 e. The fourth-order valence-electron chi connectivity index (χ4n) is 4.13. The number of carbonyl (C=O) groups is 2. The van der Waals surface area contributed by atoms with Crippen LogP contribution in [0.15, 0.2) is 18.5 Å². The maximum atomic E-state index is 12.9. The van der Waals surface area contributed by atoms with Crippen LogP contribution >= 0.6 is 0 Å². The zero-order valence-electron chi connectivity index (χ0n) is 16.4. The van der Waals surface area contributed by atoms with E-state index in [1.54, 1.807) is 20.5 Å². The highest BCUT2D eigenvalue weighted by molar-refractivity contribution is 5.95. The van der Waals surface area contributed by atoms with E-state index in [1.807, 2.05) is 30.8 Å². The summed E-state index contributed by atoms with van der Waals surface area (Å²) in [7, 11) is 0. The molecule has 0 saturated carbocycles. The number of aryl methyl sites for hydroxylation is 2. The molecule has 10 nitrogen and oxygen atoms in total. The first-order valence-electron chi connectivity index (χ1n) is 9.84. The number of nitrogens with zero attached hydrogens (tertiary/aromatic N) is 8. The number of likely N-dealkylation sites (tertiary alicyclic amines) is 1. The highest BCUT2D eigenvalue weighted by Gasteiger charge is 2.31. The van der Waals surface area contributed by atoms with Gasteiger partial charge in [-0.15, -0.1) is 5.10 Å². The van der Waals surface area contributed by atoms with Crippen LogP contribution in [0.1, 0.15) is 47.3 Å². The summed E-state index contributed by atoms with van der Waals surface area (Å²) in [6, 6.07) is 1.98. The van der Waals surface area contributed by atoms with Gasteiger partial charge in [0.05, 0.1) is 17.9 Å². The van der Waals surface area contributed by atoms with Crippen molar-refractivity contribution in [3.63, 3.8) is 0 Å². The molecule has 3 aromatic rings. The Morgan fingerprint density at radius 1 is 1.21 bits per heavy atom. The molecule has 0 N–H and O–H groups in total. The number of hydrogen-bond acceptors (Lipinski definition) is 6. The number of hydrogen-bond donors (Lipinski definition) is 0. The first-order valence-corrected chi connectivity index (χ1v) is 9.84. The fourth-order valence-corrected chi connectivity index (χ4v) is 4.13. The molecule has 2 aliphatic heterocycles. The topological polar surface area (TPSA) is 102 Å². The van der Waals surface area contributed by atoms with Crippen molar-refractivity contribution in [3.8, 4) is 0 Å². The highest BCUT2D eigenvalue weighted by Crippen LogP contribution is 2.26. The molecule has 1 unspecified atom stereocenters. The Morgan fingerprint density at radius 3 is 2.86 bits per heavy atom. The second-order valence-corrected chi connectivity index (χ2v) is 7.71. The van der Waals surface area contributed by atoms with Crippen LogP contribution in [0.2, 0.25) is 0 Å². The van der Waals surface area contributed by atoms with Crippen molar-refractivity contribution >= 4 is 23.3 Å². The normalized spacial score (nSPS) is 19.7. The maximum Gasteiger partial charge on any atom is 0.293 e. The van der Waals surface area contributed by atoms with Crippen LogP contribution < -0.4 is 4.90 Å². The van der Waals surface area contributed by atoms with Gasteiger partial charge in [-0.2, -0.15) is 10.1 Å². The molecule has 0 aromatic carbocycles. The Labute approximate surface area is 167 Å². The van der Waals surface area contributed by atoms with Gasteiger partial charge >= 0.3 is 0 Å².